The maximum Gasteiger partial charge on any atom is 0.163 e. The fourth-order valence-electron chi connectivity index (χ4n) is 4.98. The van der Waals surface area contributed by atoms with Gasteiger partial charge < -0.3 is 5.11 Å². The minimum atomic E-state index is 0.0838. The van der Waals surface area contributed by atoms with Gasteiger partial charge in [-0.25, -0.2) is 0 Å². The molecule has 1 aromatic carbocycles. The van der Waals surface area contributed by atoms with Gasteiger partial charge in [0.25, 0.3) is 0 Å². The van der Waals surface area contributed by atoms with Crippen molar-refractivity contribution in [3.05, 3.63) is 55.6 Å². The van der Waals surface area contributed by atoms with Crippen molar-refractivity contribution in [3.8, 4) is 12.3 Å². The van der Waals surface area contributed by atoms with E-state index in [-0.39, 0.29) is 23.8 Å². The smallest absolute Gasteiger partial charge is 0.163 e. The molecule has 1 unspecified atom stereocenters. The van der Waals surface area contributed by atoms with Crippen LogP contribution in [-0.4, -0.2) is 97.2 Å². The van der Waals surface area contributed by atoms with E-state index in [1.807, 2.05) is 31.4 Å². The Labute approximate surface area is 221 Å². The number of aliphatic hydroxyl groups excluding tert-OH is 1. The molecule has 2 rings (SSSR count). The number of hydrogen-bond donors (Lipinski definition) is 1. The molecular weight excluding hydrogens is 415 g/mol. The van der Waals surface area contributed by atoms with Crippen molar-refractivity contribution in [2.75, 3.05) is 0 Å². The highest BCUT2D eigenvalue weighted by molar-refractivity contribution is 6.62. The van der Waals surface area contributed by atoms with Crippen LogP contribution in [0.1, 0.15) is 12.8 Å². The Morgan fingerprint density at radius 1 is 0.914 bits per heavy atom. The molecule has 1 aliphatic rings. The number of carbonyl (C=O) groups excluding carboxylic acids is 1. The Morgan fingerprint density at radius 3 is 1.91 bits per heavy atom. The molecule has 0 amide bonds. The van der Waals surface area contributed by atoms with Crippen LogP contribution < -0.4 is 32.3 Å². The minimum Gasteiger partial charge on any atom is -0.513 e. The highest BCUT2D eigenvalue weighted by Gasteiger charge is 2.27. The second-order valence-electron chi connectivity index (χ2n) is 10.3. The number of hydrogen-bond acceptors (Lipinski definition) is 2. The van der Waals surface area contributed by atoms with Crippen LogP contribution in [0.5, 0.6) is 0 Å². The first-order chi connectivity index (χ1) is 16.2. The van der Waals surface area contributed by atoms with Gasteiger partial charge in [0.1, 0.15) is 86.3 Å². The van der Waals surface area contributed by atoms with Crippen molar-refractivity contribution in [2.45, 2.75) is 18.7 Å². The summed E-state index contributed by atoms with van der Waals surface area (Å²) in [6.07, 6.45) is 6.14. The molecule has 0 heterocycles. The minimum absolute atomic E-state index is 0.0838. The molecule has 0 saturated carbocycles. The first-order valence-corrected chi connectivity index (χ1v) is 12.4. The molecule has 35 heavy (non-hydrogen) atoms. The predicted molar refractivity (Wildman–Crippen MR) is 185 cm³/mol. The predicted octanol–water partition coefficient (Wildman–Crippen LogP) is -11.1. The zero-order valence-electron chi connectivity index (χ0n) is 23.6. The molecule has 1 N–H and O–H groups in total. The number of rotatable bonds is 6. The van der Waals surface area contributed by atoms with E-state index in [1.54, 1.807) is 0 Å². The van der Waals surface area contributed by atoms with E-state index in [1.165, 1.54) is 32.6 Å². The second-order valence-corrected chi connectivity index (χ2v) is 10.3. The Balaban J connectivity index is 3.05. The van der Waals surface area contributed by atoms with Gasteiger partial charge in [-0.05, 0) is 21.7 Å². The summed E-state index contributed by atoms with van der Waals surface area (Å²) in [6.45, 7) is 4.13. The number of carbonyl (C=O) groups is 1. The Bertz CT molecular complexity index is 1410. The zero-order chi connectivity index (χ0) is 26.9. The molecule has 0 saturated heterocycles. The van der Waals surface area contributed by atoms with Crippen LogP contribution in [0.15, 0.2) is 45.2 Å². The van der Waals surface area contributed by atoms with Gasteiger partial charge in [0.05, 0.1) is 5.76 Å². The number of fused-ring (bicyclic) bond motifs is 1. The summed E-state index contributed by atoms with van der Waals surface area (Å²) in [5, 5.41) is 13.3. The van der Waals surface area contributed by atoms with Crippen molar-refractivity contribution in [1.82, 2.24) is 0 Å². The summed E-state index contributed by atoms with van der Waals surface area (Å²) >= 11 is 0. The number of terminal acetylenes is 1. The highest BCUT2D eigenvalue weighted by Crippen LogP contribution is 2.30. The van der Waals surface area contributed by atoms with E-state index in [9.17, 15) is 9.90 Å². The average molecular weight is 446 g/mol. The normalized spacial score (nSPS) is 16.4. The van der Waals surface area contributed by atoms with Gasteiger partial charge in [-0.2, -0.15) is 0 Å². The van der Waals surface area contributed by atoms with Gasteiger partial charge in [0.2, 0.25) is 0 Å². The summed E-state index contributed by atoms with van der Waals surface area (Å²) in [6, 6.07) is 0. The average Bonchev–Trinajstić information content (AvgIpc) is 2.83. The molecule has 0 aliphatic heterocycles. The zero-order valence-corrected chi connectivity index (χ0v) is 23.6. The van der Waals surface area contributed by atoms with Crippen LogP contribution >= 0.6 is 0 Å². The molecule has 0 fully saturated rings. The maximum atomic E-state index is 13.7. The van der Waals surface area contributed by atoms with Gasteiger partial charge in [-0.3, -0.25) is 4.79 Å². The fourth-order valence-corrected chi connectivity index (χ4v) is 4.98. The van der Waals surface area contributed by atoms with Crippen molar-refractivity contribution in [1.29, 1.82) is 0 Å². The van der Waals surface area contributed by atoms with Crippen LogP contribution in [0.4, 0.5) is 0 Å². The summed E-state index contributed by atoms with van der Waals surface area (Å²) in [4.78, 5) is 13.7. The van der Waals surface area contributed by atoms with Crippen LogP contribution in [0.2, 0.25) is 5.82 Å². The topological polar surface area (TPSA) is 37.3 Å². The number of ketones is 1. The van der Waals surface area contributed by atoms with E-state index in [0.29, 0.717) is 12.0 Å². The molecule has 1 atom stereocenters. The van der Waals surface area contributed by atoms with E-state index in [0.717, 1.165) is 38.1 Å². The van der Waals surface area contributed by atoms with Crippen molar-refractivity contribution in [3.63, 3.8) is 0 Å². The third kappa shape index (κ3) is 5.43. The molecule has 0 radical (unpaired) electrons. The molecule has 0 aromatic heterocycles. The quantitative estimate of drug-likeness (QED) is 0.204. The van der Waals surface area contributed by atoms with Gasteiger partial charge in [-0.1, -0.05) is 33.4 Å². The third-order valence-electron chi connectivity index (χ3n) is 8.52. The van der Waals surface area contributed by atoms with Crippen molar-refractivity contribution in [2.24, 2.45) is 0 Å². The lowest BCUT2D eigenvalue weighted by molar-refractivity contribution is -0.113. The molecule has 2 nitrogen and oxygen atoms in total. The summed E-state index contributed by atoms with van der Waals surface area (Å²) < 4.78 is 0. The van der Waals surface area contributed by atoms with Crippen LogP contribution in [0, 0.1) is 12.3 Å². The lowest BCUT2D eigenvalue weighted by Crippen LogP contribution is -2.66. The molecule has 1 aliphatic carbocycles. The molecular formula is C22H31B11O2. The first kappa shape index (κ1) is 28.9. The number of allylic oxidation sites excluding steroid dienone is 7. The molecule has 0 bridgehead atoms. The van der Waals surface area contributed by atoms with E-state index in [2.05, 4.69) is 67.4 Å². The lowest BCUT2D eigenvalue weighted by Gasteiger charge is -2.27. The van der Waals surface area contributed by atoms with Gasteiger partial charge in [-0.15, -0.1) is 40.3 Å². The SMILES string of the molecule is BC(=C)/C(B)=C(/B)C(B)C1=c2c(B)c(B)c(B)c(B)c2=C(C/C(O)=C(B)\C(B)=C(\B)C#C)C(=O)C1. The van der Waals surface area contributed by atoms with Gasteiger partial charge >= 0.3 is 0 Å². The molecule has 0 spiro atoms. The standard InChI is InChI=1S/C22H31B11O2/c1-3-9(24)16(27)17(28)11(35)4-7-10(34)5-8(15(26)20(31)14(25)6(2)23)13-12(7)18(29)21(32)22(33)19(13)30/h1,15,35H,2,4-5,23-33H2/b16-9-,17-11-,20-14-. The fraction of sp³-hybridized carbons (Fsp3) is 0.136. The molecule has 13 heteroatoms. The van der Waals surface area contributed by atoms with Crippen LogP contribution in [-0.2, 0) is 4.79 Å². The highest BCUT2D eigenvalue weighted by atomic mass is 16.3. The Hall–Kier alpha value is -2.34. The third-order valence-corrected chi connectivity index (χ3v) is 8.52. The largest absolute Gasteiger partial charge is 0.513 e. The maximum absolute atomic E-state index is 13.7. The first-order valence-electron chi connectivity index (χ1n) is 12.4. The number of benzene rings is 1. The number of aliphatic hydroxyl groups is 1. The van der Waals surface area contributed by atoms with Crippen molar-refractivity contribution >= 4 is 125 Å². The van der Waals surface area contributed by atoms with Gasteiger partial charge in [0.15, 0.2) is 5.78 Å². The van der Waals surface area contributed by atoms with E-state index >= 15 is 0 Å². The Kier molecular flexibility index (Phi) is 9.21. The van der Waals surface area contributed by atoms with Gasteiger partial charge in [0, 0.05) is 18.4 Å². The lowest BCUT2D eigenvalue weighted by atomic mass is 9.57. The monoisotopic (exact) mass is 448 g/mol. The summed E-state index contributed by atoms with van der Waals surface area (Å²) in [5.41, 5.74) is 12.5. The van der Waals surface area contributed by atoms with Crippen LogP contribution in [0.3, 0.4) is 0 Å². The second kappa shape index (κ2) is 11.2. The summed E-state index contributed by atoms with van der Waals surface area (Å²) in [7, 11) is 22.7. The Morgan fingerprint density at radius 2 is 1.43 bits per heavy atom. The molecule has 164 valence electrons. The number of Topliss-reactive ketones (excluding diaryl/α,β-unsaturated/α-hetero) is 1. The van der Waals surface area contributed by atoms with E-state index < -0.39 is 0 Å². The summed E-state index contributed by atoms with van der Waals surface area (Å²) in [5.74, 6) is 3.05. The van der Waals surface area contributed by atoms with E-state index in [4.69, 9.17) is 6.42 Å². The van der Waals surface area contributed by atoms with Crippen molar-refractivity contribution < 1.29 is 9.90 Å². The van der Waals surface area contributed by atoms with Crippen LogP contribution in [0.25, 0.3) is 11.1 Å². The molecule has 1 aromatic rings.